The van der Waals surface area contributed by atoms with Crippen molar-refractivity contribution in [3.05, 3.63) is 29.3 Å². The Bertz CT molecular complexity index is 709. The van der Waals surface area contributed by atoms with Gasteiger partial charge in [-0.25, -0.2) is 0 Å². The van der Waals surface area contributed by atoms with Gasteiger partial charge in [0.1, 0.15) is 6.04 Å². The Morgan fingerprint density at radius 1 is 1.23 bits per heavy atom. The molecule has 0 radical (unpaired) electrons. The molecule has 0 saturated carbocycles. The van der Waals surface area contributed by atoms with Crippen molar-refractivity contribution in [2.24, 2.45) is 0 Å². The lowest BCUT2D eigenvalue weighted by atomic mass is 10.0. The molecule has 1 N–H and O–H groups in total. The lowest BCUT2D eigenvalue weighted by Gasteiger charge is -2.33. The number of hydrogen-bond acceptors (Lipinski definition) is 5. The molecule has 1 unspecified atom stereocenters. The second-order valence-electron chi connectivity index (χ2n) is 6.25. The van der Waals surface area contributed by atoms with Gasteiger partial charge in [0.15, 0.2) is 5.78 Å². The third-order valence-corrected chi connectivity index (χ3v) is 4.53. The molecule has 1 atom stereocenters. The molecule has 3 amide bonds. The lowest BCUT2D eigenvalue weighted by Crippen LogP contribution is -2.51. The van der Waals surface area contributed by atoms with E-state index >= 15 is 0 Å². The Labute approximate surface area is 153 Å². The van der Waals surface area contributed by atoms with Crippen LogP contribution in [0.3, 0.4) is 0 Å². The van der Waals surface area contributed by atoms with E-state index in [4.69, 9.17) is 0 Å². The van der Waals surface area contributed by atoms with Gasteiger partial charge >= 0.3 is 0 Å². The van der Waals surface area contributed by atoms with Crippen LogP contribution in [0.2, 0.25) is 0 Å². The number of nitrogens with zero attached hydrogens (tertiary/aromatic N) is 2. The number of aryl methyl sites for hydroxylation is 1. The number of amides is 3. The molecule has 7 nitrogen and oxygen atoms in total. The van der Waals surface area contributed by atoms with Crippen molar-refractivity contribution in [3.63, 3.8) is 0 Å². The molecule has 2 aliphatic heterocycles. The van der Waals surface area contributed by atoms with E-state index in [0.29, 0.717) is 25.9 Å². The SMILES string of the molecule is CC.Cc1ccc(N2CC(=O)C2)cc1CN(C=O)C1CCC(=O)NC1=O. The van der Waals surface area contributed by atoms with Crippen LogP contribution in [-0.2, 0) is 25.7 Å². The van der Waals surface area contributed by atoms with Gasteiger partial charge in [-0.3, -0.25) is 24.5 Å². The minimum Gasteiger partial charge on any atom is -0.357 e. The number of imide groups is 1. The fourth-order valence-corrected chi connectivity index (χ4v) is 3.00. The monoisotopic (exact) mass is 359 g/mol. The third kappa shape index (κ3) is 4.28. The Balaban J connectivity index is 0.00000117. The van der Waals surface area contributed by atoms with E-state index in [1.54, 1.807) is 0 Å². The van der Waals surface area contributed by atoms with Crippen molar-refractivity contribution in [1.82, 2.24) is 10.2 Å². The van der Waals surface area contributed by atoms with Gasteiger partial charge in [-0.2, -0.15) is 0 Å². The Hall–Kier alpha value is -2.70. The molecular weight excluding hydrogens is 334 g/mol. The first-order valence-corrected chi connectivity index (χ1v) is 8.89. The number of benzene rings is 1. The van der Waals surface area contributed by atoms with Gasteiger partial charge in [0.25, 0.3) is 0 Å². The predicted octanol–water partition coefficient (Wildman–Crippen LogP) is 1.17. The van der Waals surface area contributed by atoms with Crippen molar-refractivity contribution in [1.29, 1.82) is 0 Å². The molecule has 0 aliphatic carbocycles. The van der Waals surface area contributed by atoms with Crippen molar-refractivity contribution >= 4 is 29.7 Å². The fraction of sp³-hybridized carbons (Fsp3) is 0.474. The highest BCUT2D eigenvalue weighted by atomic mass is 16.2. The van der Waals surface area contributed by atoms with Gasteiger partial charge in [0, 0.05) is 18.7 Å². The van der Waals surface area contributed by atoms with Crippen LogP contribution < -0.4 is 10.2 Å². The van der Waals surface area contributed by atoms with Crippen LogP contribution in [0, 0.1) is 6.92 Å². The topological polar surface area (TPSA) is 86.8 Å². The molecule has 2 saturated heterocycles. The minimum absolute atomic E-state index is 0.204. The number of rotatable bonds is 5. The number of hydrogen-bond donors (Lipinski definition) is 1. The van der Waals surface area contributed by atoms with Crippen LogP contribution in [0.15, 0.2) is 18.2 Å². The summed E-state index contributed by atoms with van der Waals surface area (Å²) >= 11 is 0. The van der Waals surface area contributed by atoms with Crippen LogP contribution in [0.25, 0.3) is 0 Å². The normalized spacial score (nSPS) is 19.1. The molecule has 7 heteroatoms. The Kier molecular flexibility index (Phi) is 6.49. The predicted molar refractivity (Wildman–Crippen MR) is 97.5 cm³/mol. The third-order valence-electron chi connectivity index (χ3n) is 4.53. The van der Waals surface area contributed by atoms with Crippen LogP contribution >= 0.6 is 0 Å². The van der Waals surface area contributed by atoms with E-state index in [2.05, 4.69) is 5.32 Å². The quantitative estimate of drug-likeness (QED) is 0.630. The highest BCUT2D eigenvalue weighted by Gasteiger charge is 2.31. The van der Waals surface area contributed by atoms with Crippen molar-refractivity contribution in [2.75, 3.05) is 18.0 Å². The second-order valence-corrected chi connectivity index (χ2v) is 6.25. The average Bonchev–Trinajstić information content (AvgIpc) is 2.61. The summed E-state index contributed by atoms with van der Waals surface area (Å²) in [6.07, 6.45) is 1.22. The maximum Gasteiger partial charge on any atom is 0.249 e. The molecule has 1 aromatic carbocycles. The molecule has 2 heterocycles. The molecular formula is C19H25N3O4. The zero-order valence-electron chi connectivity index (χ0n) is 15.4. The highest BCUT2D eigenvalue weighted by molar-refractivity contribution is 6.00. The van der Waals surface area contributed by atoms with Crippen molar-refractivity contribution in [2.45, 2.75) is 46.2 Å². The minimum atomic E-state index is -0.631. The van der Waals surface area contributed by atoms with E-state index in [1.165, 1.54) is 4.90 Å². The van der Waals surface area contributed by atoms with E-state index in [9.17, 15) is 19.2 Å². The van der Waals surface area contributed by atoms with Crippen LogP contribution in [0.4, 0.5) is 5.69 Å². The van der Waals surface area contributed by atoms with Gasteiger partial charge in [-0.05, 0) is 36.6 Å². The van der Waals surface area contributed by atoms with E-state index in [0.717, 1.165) is 16.8 Å². The number of anilines is 1. The molecule has 1 aromatic rings. The summed E-state index contributed by atoms with van der Waals surface area (Å²) in [5.74, 6) is -0.529. The summed E-state index contributed by atoms with van der Waals surface area (Å²) < 4.78 is 0. The molecule has 0 spiro atoms. The molecule has 3 rings (SSSR count). The maximum absolute atomic E-state index is 12.0. The highest BCUT2D eigenvalue weighted by Crippen LogP contribution is 2.24. The van der Waals surface area contributed by atoms with Gasteiger partial charge in [0.05, 0.1) is 13.1 Å². The number of Topliss-reactive ketones (excluding diaryl/α,β-unsaturated/α-hetero) is 1. The molecule has 2 fully saturated rings. The largest absolute Gasteiger partial charge is 0.357 e. The lowest BCUT2D eigenvalue weighted by molar-refractivity contribution is -0.141. The van der Waals surface area contributed by atoms with Crippen molar-refractivity contribution < 1.29 is 19.2 Å². The van der Waals surface area contributed by atoms with Crippen molar-refractivity contribution in [3.8, 4) is 0 Å². The van der Waals surface area contributed by atoms with Crippen LogP contribution in [-0.4, -0.2) is 48.0 Å². The standard InChI is InChI=1S/C17H19N3O4.C2H6/c1-11-2-3-13(19-8-14(22)9-19)6-12(11)7-20(10-21)15-4-5-16(23)18-17(15)24;1-2/h2-3,6,10,15H,4-5,7-9H2,1H3,(H,18,23,24);1-2H3. The van der Waals surface area contributed by atoms with Gasteiger partial charge < -0.3 is 9.80 Å². The number of nitrogens with one attached hydrogen (secondary N) is 1. The van der Waals surface area contributed by atoms with Gasteiger partial charge in [0.2, 0.25) is 18.2 Å². The fourth-order valence-electron chi connectivity index (χ4n) is 3.00. The number of ketones is 1. The first kappa shape index (κ1) is 19.6. The van der Waals surface area contributed by atoms with Crippen LogP contribution in [0.1, 0.15) is 37.8 Å². The maximum atomic E-state index is 12.0. The Morgan fingerprint density at radius 2 is 1.92 bits per heavy atom. The Morgan fingerprint density at radius 3 is 2.50 bits per heavy atom. The zero-order valence-corrected chi connectivity index (χ0v) is 15.4. The number of piperidine rings is 1. The molecule has 140 valence electrons. The summed E-state index contributed by atoms with van der Waals surface area (Å²) in [7, 11) is 0. The smallest absolute Gasteiger partial charge is 0.249 e. The summed E-state index contributed by atoms with van der Waals surface area (Å²) in [5, 5.41) is 2.27. The van der Waals surface area contributed by atoms with E-state index in [1.807, 2.05) is 43.9 Å². The zero-order chi connectivity index (χ0) is 19.3. The summed E-state index contributed by atoms with van der Waals surface area (Å²) in [6.45, 7) is 7.05. The first-order chi connectivity index (χ1) is 12.5. The first-order valence-electron chi connectivity index (χ1n) is 8.89. The molecule has 0 bridgehead atoms. The van der Waals surface area contributed by atoms with Gasteiger partial charge in [-0.1, -0.05) is 19.9 Å². The van der Waals surface area contributed by atoms with E-state index < -0.39 is 11.9 Å². The average molecular weight is 359 g/mol. The summed E-state index contributed by atoms with van der Waals surface area (Å²) in [6, 6.07) is 5.21. The van der Waals surface area contributed by atoms with Crippen LogP contribution in [0.5, 0.6) is 0 Å². The summed E-state index contributed by atoms with van der Waals surface area (Å²) in [5.41, 5.74) is 2.86. The molecule has 2 aliphatic rings. The number of carbonyl (C=O) groups excluding carboxylic acids is 4. The summed E-state index contributed by atoms with van der Waals surface area (Å²) in [4.78, 5) is 49.3. The number of carbonyl (C=O) groups is 4. The molecule has 0 aromatic heterocycles. The second kappa shape index (κ2) is 8.60. The van der Waals surface area contributed by atoms with E-state index in [-0.39, 0.29) is 24.7 Å². The van der Waals surface area contributed by atoms with Gasteiger partial charge in [-0.15, -0.1) is 0 Å². The molecule has 26 heavy (non-hydrogen) atoms.